The number of hydrogen-bond acceptors (Lipinski definition) is 9. The van der Waals surface area contributed by atoms with Gasteiger partial charge in [0.2, 0.25) is 21.8 Å². The molecule has 260 valence electrons. The van der Waals surface area contributed by atoms with Crippen LogP contribution in [0.5, 0.6) is 5.75 Å². The van der Waals surface area contributed by atoms with Crippen LogP contribution in [0.25, 0.3) is 0 Å². The second-order valence-corrected chi connectivity index (χ2v) is 14.1. The van der Waals surface area contributed by atoms with Gasteiger partial charge in [-0.1, -0.05) is 48.5 Å². The molecule has 14 heteroatoms. The molecule has 0 saturated carbocycles. The second kappa shape index (κ2) is 15.6. The molecule has 0 aromatic heterocycles. The fourth-order valence-corrected chi connectivity index (χ4v) is 7.69. The Morgan fingerprint density at radius 2 is 1.67 bits per heavy atom. The Morgan fingerprint density at radius 3 is 2.33 bits per heavy atom. The van der Waals surface area contributed by atoms with E-state index in [9.17, 15) is 37.8 Å². The number of phenolic OH excluding ortho intramolecular Hbond substituents is 1. The van der Waals surface area contributed by atoms with Crippen LogP contribution in [-0.4, -0.2) is 78.5 Å². The molecule has 2 saturated heterocycles. The number of aliphatic carboxylic acids is 1. The molecule has 3 aromatic carbocycles. The van der Waals surface area contributed by atoms with Crippen molar-refractivity contribution in [2.45, 2.75) is 62.6 Å². The number of nitrogens with one attached hydrogen (secondary N) is 2. The van der Waals surface area contributed by atoms with Crippen molar-refractivity contribution in [3.8, 4) is 5.75 Å². The molecule has 2 aliphatic rings. The van der Waals surface area contributed by atoms with Crippen molar-refractivity contribution in [2.24, 2.45) is 5.92 Å². The fraction of sp³-hybridized carbons (Fsp3) is 0.371. The minimum atomic E-state index is -4.15. The van der Waals surface area contributed by atoms with Gasteiger partial charge in [0.1, 0.15) is 24.4 Å². The number of amides is 3. The topological polar surface area (TPSA) is 183 Å². The van der Waals surface area contributed by atoms with Crippen molar-refractivity contribution >= 4 is 39.6 Å². The largest absolute Gasteiger partial charge is 0.508 e. The number of phenols is 1. The maximum atomic E-state index is 13.6. The number of carboxylic acids is 1. The zero-order valence-corrected chi connectivity index (χ0v) is 27.9. The molecule has 13 nitrogen and oxygen atoms in total. The highest BCUT2D eigenvalue weighted by Gasteiger charge is 2.41. The Hall–Kier alpha value is -4.79. The van der Waals surface area contributed by atoms with Crippen LogP contribution in [-0.2, 0) is 42.2 Å². The molecule has 0 aliphatic carbocycles. The fourth-order valence-electron chi connectivity index (χ4n) is 6.02. The van der Waals surface area contributed by atoms with Crippen LogP contribution in [0.3, 0.4) is 0 Å². The smallest absolute Gasteiger partial charge is 0.421 e. The lowest BCUT2D eigenvalue weighted by atomic mass is 9.96. The third-order valence-corrected chi connectivity index (χ3v) is 10.7. The van der Waals surface area contributed by atoms with Gasteiger partial charge in [0.15, 0.2) is 0 Å². The van der Waals surface area contributed by atoms with Crippen molar-refractivity contribution in [1.82, 2.24) is 14.9 Å². The minimum Gasteiger partial charge on any atom is -0.508 e. The molecule has 2 aliphatic heterocycles. The van der Waals surface area contributed by atoms with Gasteiger partial charge in [-0.05, 0) is 80.6 Å². The predicted molar refractivity (Wildman–Crippen MR) is 179 cm³/mol. The second-order valence-electron chi connectivity index (χ2n) is 12.2. The number of carboxylic acid groups (broad SMARTS) is 1. The SMILES string of the molecule is Cc1ccc(S(=O)(=O)N2CCC[C@H]2C(=O)N[C@H](Cc2ccc(N(C(=O)OCc3ccccc3)C(=O)C3CCNCC3)cc2)C(=O)O)cc1O. The quantitative estimate of drug-likeness (QED) is 0.233. The number of ether oxygens (including phenoxy) is 1. The first kappa shape index (κ1) is 35.5. The Morgan fingerprint density at radius 1 is 0.980 bits per heavy atom. The van der Waals surface area contributed by atoms with Gasteiger partial charge in [0.05, 0.1) is 10.6 Å². The van der Waals surface area contributed by atoms with Crippen LogP contribution in [0.15, 0.2) is 77.7 Å². The first-order chi connectivity index (χ1) is 23.5. The highest BCUT2D eigenvalue weighted by atomic mass is 32.2. The number of aromatic hydroxyl groups is 1. The van der Waals surface area contributed by atoms with Crippen molar-refractivity contribution in [3.05, 3.63) is 89.5 Å². The molecule has 2 fully saturated rings. The Kier molecular flexibility index (Phi) is 11.3. The van der Waals surface area contributed by atoms with Crippen molar-refractivity contribution in [3.63, 3.8) is 0 Å². The van der Waals surface area contributed by atoms with E-state index in [2.05, 4.69) is 10.6 Å². The summed E-state index contributed by atoms with van der Waals surface area (Å²) in [6, 6.07) is 16.7. The lowest BCUT2D eigenvalue weighted by molar-refractivity contribution is -0.142. The van der Waals surface area contributed by atoms with Crippen molar-refractivity contribution < 1.29 is 42.5 Å². The number of aryl methyl sites for hydroxylation is 1. The first-order valence-electron chi connectivity index (χ1n) is 16.1. The molecule has 5 rings (SSSR count). The Labute approximate surface area is 284 Å². The van der Waals surface area contributed by atoms with Crippen LogP contribution in [0.1, 0.15) is 42.4 Å². The molecular formula is C35H40N4O9S. The lowest BCUT2D eigenvalue weighted by Crippen LogP contribution is -2.51. The van der Waals surface area contributed by atoms with E-state index in [1.54, 1.807) is 31.2 Å². The number of sulfonamides is 1. The number of nitrogens with zero attached hydrogens (tertiary/aromatic N) is 2. The molecule has 3 amide bonds. The van der Waals surface area contributed by atoms with Gasteiger partial charge < -0.3 is 25.6 Å². The van der Waals surface area contributed by atoms with Crippen LogP contribution in [0.2, 0.25) is 0 Å². The van der Waals surface area contributed by atoms with Gasteiger partial charge in [-0.15, -0.1) is 0 Å². The highest BCUT2D eigenvalue weighted by Crippen LogP contribution is 2.29. The maximum absolute atomic E-state index is 13.6. The maximum Gasteiger partial charge on any atom is 0.421 e. The zero-order chi connectivity index (χ0) is 35.1. The molecule has 49 heavy (non-hydrogen) atoms. The average molecular weight is 693 g/mol. The predicted octanol–water partition coefficient (Wildman–Crippen LogP) is 3.34. The van der Waals surface area contributed by atoms with Crippen molar-refractivity contribution in [1.29, 1.82) is 0 Å². The van der Waals surface area contributed by atoms with Crippen LogP contribution >= 0.6 is 0 Å². The molecule has 3 aromatic rings. The molecule has 4 N–H and O–H groups in total. The van der Waals surface area contributed by atoms with Gasteiger partial charge in [0, 0.05) is 24.9 Å². The summed E-state index contributed by atoms with van der Waals surface area (Å²) in [6.45, 7) is 2.95. The zero-order valence-electron chi connectivity index (χ0n) is 27.1. The number of carbonyl (C=O) groups excluding carboxylic acids is 3. The van der Waals surface area contributed by atoms with E-state index in [1.165, 1.54) is 24.3 Å². The molecule has 2 atom stereocenters. The summed E-state index contributed by atoms with van der Waals surface area (Å²) >= 11 is 0. The van der Waals surface area contributed by atoms with Gasteiger partial charge in [-0.3, -0.25) is 9.59 Å². The minimum absolute atomic E-state index is 0.0268. The van der Waals surface area contributed by atoms with E-state index < -0.39 is 40.1 Å². The van der Waals surface area contributed by atoms with E-state index in [1.807, 2.05) is 18.2 Å². The van der Waals surface area contributed by atoms with Crippen LogP contribution in [0, 0.1) is 12.8 Å². The Balaban J connectivity index is 1.29. The van der Waals surface area contributed by atoms with E-state index in [-0.39, 0.29) is 54.2 Å². The summed E-state index contributed by atoms with van der Waals surface area (Å²) in [6.07, 6.45) is 0.750. The first-order valence-corrected chi connectivity index (χ1v) is 17.6. The number of imide groups is 1. The lowest BCUT2D eigenvalue weighted by Gasteiger charge is -2.28. The van der Waals surface area contributed by atoms with Gasteiger partial charge >= 0.3 is 12.1 Å². The summed E-state index contributed by atoms with van der Waals surface area (Å²) in [5, 5.41) is 25.7. The van der Waals surface area contributed by atoms with Crippen LogP contribution in [0.4, 0.5) is 10.5 Å². The summed E-state index contributed by atoms with van der Waals surface area (Å²) < 4.78 is 33.3. The standard InChI is InChI=1S/C35H40N4O9S/c1-23-9-14-28(21-31(23)40)49(46,47)38-19-5-8-30(38)32(41)37-29(34(43)44)20-24-10-12-27(13-11-24)39(33(42)26-15-17-36-18-16-26)35(45)48-22-25-6-3-2-4-7-25/h2-4,6-7,9-14,21,26,29-30,36,40H,5,8,15-20,22H2,1H3,(H,37,41)(H,43,44)/t29-,30+/m1/s1. The summed E-state index contributed by atoms with van der Waals surface area (Å²) in [5.74, 6) is -3.03. The van der Waals surface area contributed by atoms with E-state index in [0.717, 1.165) is 20.8 Å². The average Bonchev–Trinajstić information content (AvgIpc) is 3.61. The molecule has 0 unspecified atom stereocenters. The van der Waals surface area contributed by atoms with Crippen LogP contribution < -0.4 is 15.5 Å². The summed E-state index contributed by atoms with van der Waals surface area (Å²) in [7, 11) is -4.15. The number of piperidine rings is 1. The highest BCUT2D eigenvalue weighted by molar-refractivity contribution is 7.89. The Bertz CT molecular complexity index is 1780. The molecule has 0 bridgehead atoms. The third kappa shape index (κ3) is 8.45. The van der Waals surface area contributed by atoms with E-state index in [0.29, 0.717) is 43.5 Å². The van der Waals surface area contributed by atoms with E-state index >= 15 is 0 Å². The summed E-state index contributed by atoms with van der Waals surface area (Å²) in [5.41, 5.74) is 2.01. The van der Waals surface area contributed by atoms with Gasteiger partial charge in [-0.2, -0.15) is 4.31 Å². The van der Waals surface area contributed by atoms with Crippen molar-refractivity contribution in [2.75, 3.05) is 24.5 Å². The molecular weight excluding hydrogens is 652 g/mol. The monoisotopic (exact) mass is 692 g/mol. The third-order valence-electron chi connectivity index (χ3n) is 8.84. The molecule has 2 heterocycles. The van der Waals surface area contributed by atoms with Gasteiger partial charge in [-0.25, -0.2) is 22.9 Å². The number of hydrogen-bond donors (Lipinski definition) is 4. The number of rotatable bonds is 11. The molecule has 0 spiro atoms. The normalized spacial score (nSPS) is 17.6. The number of anilines is 1. The number of carbonyl (C=O) groups is 4. The number of benzene rings is 3. The molecule has 0 radical (unpaired) electrons. The van der Waals surface area contributed by atoms with Gasteiger partial charge in [0.25, 0.3) is 0 Å². The summed E-state index contributed by atoms with van der Waals surface area (Å²) in [4.78, 5) is 53.3. The van der Waals surface area contributed by atoms with E-state index in [4.69, 9.17) is 4.74 Å².